The van der Waals surface area contributed by atoms with Crippen LogP contribution < -0.4 is 15.2 Å². The van der Waals surface area contributed by atoms with Crippen molar-refractivity contribution in [1.82, 2.24) is 20.2 Å². The number of esters is 1. The van der Waals surface area contributed by atoms with Crippen LogP contribution in [0.2, 0.25) is 0 Å². The third kappa shape index (κ3) is 6.27. The highest BCUT2D eigenvalue weighted by Gasteiger charge is 2.23. The van der Waals surface area contributed by atoms with E-state index in [1.54, 1.807) is 24.3 Å². The molecule has 30 heavy (non-hydrogen) atoms. The van der Waals surface area contributed by atoms with Crippen molar-refractivity contribution in [3.63, 3.8) is 0 Å². The minimum Gasteiger partial charge on any atom is -0.492 e. The maximum Gasteiger partial charge on any atom is 0.316 e. The standard InChI is InChI=1S/C21H25N5O3.ClH/c1-21(2,3)20(27)29-18-10-6-16(7-11-18)19-23-25-26(24-19)14-15-4-8-17(9-5-15)28-13-12-22;/h4-11H,12-14,22H2,1-3H3;1H. The summed E-state index contributed by atoms with van der Waals surface area (Å²) < 4.78 is 10.8. The summed E-state index contributed by atoms with van der Waals surface area (Å²) in [6.45, 7) is 6.90. The van der Waals surface area contributed by atoms with Gasteiger partial charge in [-0.15, -0.1) is 22.6 Å². The van der Waals surface area contributed by atoms with Gasteiger partial charge in [0.25, 0.3) is 0 Å². The quantitative estimate of drug-likeness (QED) is 0.452. The number of ether oxygens (including phenoxy) is 2. The van der Waals surface area contributed by atoms with Crippen molar-refractivity contribution in [2.24, 2.45) is 11.1 Å². The average molecular weight is 432 g/mol. The van der Waals surface area contributed by atoms with Gasteiger partial charge in [-0.2, -0.15) is 4.80 Å². The molecule has 2 N–H and O–H groups in total. The second-order valence-electron chi connectivity index (χ2n) is 7.59. The van der Waals surface area contributed by atoms with Crippen LogP contribution >= 0.6 is 12.4 Å². The van der Waals surface area contributed by atoms with E-state index >= 15 is 0 Å². The molecule has 0 aliphatic carbocycles. The minimum atomic E-state index is -0.558. The second kappa shape index (κ2) is 10.2. The molecule has 0 aliphatic heterocycles. The molecule has 0 spiro atoms. The summed E-state index contributed by atoms with van der Waals surface area (Å²) in [5, 5.41) is 12.6. The topological polar surface area (TPSA) is 105 Å². The van der Waals surface area contributed by atoms with Crippen molar-refractivity contribution < 1.29 is 14.3 Å². The zero-order chi connectivity index (χ0) is 20.9. The zero-order valence-corrected chi connectivity index (χ0v) is 18.1. The second-order valence-corrected chi connectivity index (χ2v) is 7.59. The predicted molar refractivity (Wildman–Crippen MR) is 116 cm³/mol. The molecule has 9 heteroatoms. The molecule has 0 saturated carbocycles. The van der Waals surface area contributed by atoms with Crippen LogP contribution in [0.3, 0.4) is 0 Å². The Morgan fingerprint density at radius 2 is 1.67 bits per heavy atom. The Hall–Kier alpha value is -2.97. The molecule has 0 aliphatic rings. The Labute approximate surface area is 181 Å². The molecule has 0 unspecified atom stereocenters. The summed E-state index contributed by atoms with van der Waals surface area (Å²) in [5.74, 6) is 1.48. The molecule has 0 amide bonds. The van der Waals surface area contributed by atoms with Crippen LogP contribution in [0, 0.1) is 5.41 Å². The van der Waals surface area contributed by atoms with E-state index in [4.69, 9.17) is 15.2 Å². The van der Waals surface area contributed by atoms with Gasteiger partial charge in [-0.3, -0.25) is 4.79 Å². The van der Waals surface area contributed by atoms with Gasteiger partial charge in [0.1, 0.15) is 18.1 Å². The first-order valence-electron chi connectivity index (χ1n) is 9.37. The first-order valence-corrected chi connectivity index (χ1v) is 9.37. The molecule has 160 valence electrons. The number of tetrazole rings is 1. The molecule has 3 rings (SSSR count). The van der Waals surface area contributed by atoms with E-state index in [0.29, 0.717) is 31.3 Å². The van der Waals surface area contributed by atoms with Gasteiger partial charge in [-0.25, -0.2) is 0 Å². The van der Waals surface area contributed by atoms with Crippen LogP contribution in [-0.2, 0) is 11.3 Å². The lowest BCUT2D eigenvalue weighted by Gasteiger charge is -2.16. The number of benzene rings is 2. The molecule has 0 bridgehead atoms. The average Bonchev–Trinajstić information content (AvgIpc) is 3.16. The molecule has 2 aromatic carbocycles. The number of rotatable bonds is 7. The zero-order valence-electron chi connectivity index (χ0n) is 17.2. The summed E-state index contributed by atoms with van der Waals surface area (Å²) >= 11 is 0. The maximum absolute atomic E-state index is 12.0. The molecule has 0 radical (unpaired) electrons. The highest BCUT2D eigenvalue weighted by atomic mass is 35.5. The van der Waals surface area contributed by atoms with Crippen molar-refractivity contribution in [2.45, 2.75) is 27.3 Å². The number of carbonyl (C=O) groups excluding carboxylic acids is 1. The van der Waals surface area contributed by atoms with Crippen molar-refractivity contribution >= 4 is 18.4 Å². The van der Waals surface area contributed by atoms with Gasteiger partial charge in [0.05, 0.1) is 12.0 Å². The summed E-state index contributed by atoms with van der Waals surface area (Å²) in [5.41, 5.74) is 6.69. The fraction of sp³-hybridized carbons (Fsp3) is 0.333. The van der Waals surface area contributed by atoms with Gasteiger partial charge >= 0.3 is 5.97 Å². The number of aromatic nitrogens is 4. The maximum atomic E-state index is 12.0. The van der Waals surface area contributed by atoms with Gasteiger partial charge in [0.2, 0.25) is 5.82 Å². The third-order valence-electron chi connectivity index (χ3n) is 4.02. The van der Waals surface area contributed by atoms with Crippen molar-refractivity contribution in [1.29, 1.82) is 0 Å². The lowest BCUT2D eigenvalue weighted by atomic mass is 9.97. The Morgan fingerprint density at radius 1 is 1.03 bits per heavy atom. The number of hydrogen-bond donors (Lipinski definition) is 1. The Balaban J connectivity index is 0.00000320. The van der Waals surface area contributed by atoms with Crippen LogP contribution in [0.4, 0.5) is 0 Å². The minimum absolute atomic E-state index is 0. The molecule has 1 aromatic heterocycles. The molecule has 8 nitrogen and oxygen atoms in total. The number of nitrogens with two attached hydrogens (primary N) is 1. The van der Waals surface area contributed by atoms with Crippen molar-refractivity contribution in [3.05, 3.63) is 54.1 Å². The van der Waals surface area contributed by atoms with Gasteiger partial charge in [0.15, 0.2) is 0 Å². The van der Waals surface area contributed by atoms with E-state index in [-0.39, 0.29) is 18.4 Å². The molecule has 0 saturated heterocycles. The van der Waals surface area contributed by atoms with Crippen molar-refractivity contribution in [3.8, 4) is 22.9 Å². The van der Waals surface area contributed by atoms with Gasteiger partial charge in [-0.1, -0.05) is 12.1 Å². The Bertz CT molecular complexity index is 950. The summed E-state index contributed by atoms with van der Waals surface area (Å²) in [4.78, 5) is 13.5. The van der Waals surface area contributed by atoms with E-state index in [9.17, 15) is 4.79 Å². The van der Waals surface area contributed by atoms with E-state index in [2.05, 4.69) is 15.4 Å². The third-order valence-corrected chi connectivity index (χ3v) is 4.02. The van der Waals surface area contributed by atoms with Crippen molar-refractivity contribution in [2.75, 3.05) is 13.2 Å². The van der Waals surface area contributed by atoms with E-state index in [0.717, 1.165) is 16.9 Å². The monoisotopic (exact) mass is 431 g/mol. The molecular weight excluding hydrogens is 406 g/mol. The fourth-order valence-electron chi connectivity index (χ4n) is 2.39. The first kappa shape index (κ1) is 23.3. The van der Waals surface area contributed by atoms with E-state index < -0.39 is 5.41 Å². The fourth-order valence-corrected chi connectivity index (χ4v) is 2.39. The normalized spacial score (nSPS) is 10.9. The molecule has 0 fully saturated rings. The SMILES string of the molecule is CC(C)(C)C(=O)Oc1ccc(-c2nnn(Cc3ccc(OCCN)cc3)n2)cc1.Cl. The number of hydrogen-bond acceptors (Lipinski definition) is 7. The highest BCUT2D eigenvalue weighted by molar-refractivity contribution is 5.85. The van der Waals surface area contributed by atoms with Crippen LogP contribution in [-0.4, -0.2) is 39.3 Å². The molecule has 3 aromatic rings. The number of carbonyl (C=O) groups is 1. The number of halogens is 1. The highest BCUT2D eigenvalue weighted by Crippen LogP contribution is 2.22. The van der Waals surface area contributed by atoms with Gasteiger partial charge in [0, 0.05) is 12.1 Å². The lowest BCUT2D eigenvalue weighted by molar-refractivity contribution is -0.142. The van der Waals surface area contributed by atoms with Gasteiger partial charge < -0.3 is 15.2 Å². The van der Waals surface area contributed by atoms with Crippen LogP contribution in [0.5, 0.6) is 11.5 Å². The van der Waals surface area contributed by atoms with Crippen LogP contribution in [0.15, 0.2) is 48.5 Å². The molecule has 0 atom stereocenters. The summed E-state index contributed by atoms with van der Waals surface area (Å²) in [7, 11) is 0. The largest absolute Gasteiger partial charge is 0.492 e. The predicted octanol–water partition coefficient (Wildman–Crippen LogP) is 3.10. The number of nitrogens with zero attached hydrogens (tertiary/aromatic N) is 4. The molecule has 1 heterocycles. The van der Waals surface area contributed by atoms with Gasteiger partial charge in [-0.05, 0) is 67.9 Å². The Kier molecular flexibility index (Phi) is 7.91. The first-order chi connectivity index (χ1) is 13.8. The van der Waals surface area contributed by atoms with E-state index in [1.807, 2.05) is 45.0 Å². The smallest absolute Gasteiger partial charge is 0.316 e. The van der Waals surface area contributed by atoms with E-state index in [1.165, 1.54) is 4.80 Å². The molecular formula is C21H26ClN5O3. The summed E-state index contributed by atoms with van der Waals surface area (Å²) in [6.07, 6.45) is 0. The van der Waals surface area contributed by atoms with Crippen LogP contribution in [0.25, 0.3) is 11.4 Å². The Morgan fingerprint density at radius 3 is 2.27 bits per heavy atom. The van der Waals surface area contributed by atoms with Crippen LogP contribution in [0.1, 0.15) is 26.3 Å². The summed E-state index contributed by atoms with van der Waals surface area (Å²) in [6, 6.07) is 14.7. The lowest BCUT2D eigenvalue weighted by Crippen LogP contribution is -2.25.